The van der Waals surface area contributed by atoms with Crippen molar-refractivity contribution < 1.29 is 43.2 Å². The minimum absolute atomic E-state index is 0.110. The molecule has 9 nitrogen and oxygen atoms in total. The van der Waals surface area contributed by atoms with Crippen LogP contribution in [0.5, 0.6) is 11.5 Å². The Kier molecular flexibility index (Phi) is 12.6. The summed E-state index contributed by atoms with van der Waals surface area (Å²) in [7, 11) is 0. The first-order valence-electron chi connectivity index (χ1n) is 13.3. The van der Waals surface area contributed by atoms with E-state index in [2.05, 4.69) is 16.4 Å². The van der Waals surface area contributed by atoms with Crippen molar-refractivity contribution in [1.29, 1.82) is 0 Å². The average Bonchev–Trinajstić information content (AvgIpc) is 3.01. The number of ether oxygens (including phenoxy) is 3. The van der Waals surface area contributed by atoms with Crippen LogP contribution in [0.15, 0.2) is 91.5 Å². The summed E-state index contributed by atoms with van der Waals surface area (Å²) in [5.74, 6) is -1.73. The molecular formula is C32H32O9. The summed E-state index contributed by atoms with van der Waals surface area (Å²) in [6, 6.07) is 20.4. The molecule has 214 valence electrons. The van der Waals surface area contributed by atoms with Gasteiger partial charge in [0.05, 0.1) is 29.9 Å². The standard InChI is InChI=1S/C32H32O9/c1-2-29(33)38-23-11-6-4-3-5-10-22-37-27-18-14-25(15-19-27)30(34)39-28-20-16-26(17-21-28)32(36)41-40-31(35)24-12-8-7-9-13-24/h2,7-9,12-21H,1,3-6,10-11,22-23H2. The molecule has 0 radical (unpaired) electrons. The van der Waals surface area contributed by atoms with Gasteiger partial charge < -0.3 is 14.2 Å². The van der Waals surface area contributed by atoms with Gasteiger partial charge in [0.2, 0.25) is 0 Å². The van der Waals surface area contributed by atoms with Crippen molar-refractivity contribution in [2.24, 2.45) is 0 Å². The van der Waals surface area contributed by atoms with Crippen LogP contribution < -0.4 is 9.47 Å². The molecule has 0 unspecified atom stereocenters. The van der Waals surface area contributed by atoms with Gasteiger partial charge in [-0.1, -0.05) is 50.5 Å². The van der Waals surface area contributed by atoms with Crippen molar-refractivity contribution >= 4 is 23.9 Å². The van der Waals surface area contributed by atoms with Crippen LogP contribution in [0.2, 0.25) is 0 Å². The summed E-state index contributed by atoms with van der Waals surface area (Å²) in [5, 5.41) is 0. The normalized spacial score (nSPS) is 10.2. The van der Waals surface area contributed by atoms with Gasteiger partial charge in [-0.25, -0.2) is 29.0 Å². The predicted octanol–water partition coefficient (Wildman–Crippen LogP) is 6.28. The van der Waals surface area contributed by atoms with E-state index in [4.69, 9.17) is 14.2 Å². The monoisotopic (exact) mass is 560 g/mol. The highest BCUT2D eigenvalue weighted by atomic mass is 17.2. The number of benzene rings is 3. The Bertz CT molecular complexity index is 1280. The summed E-state index contributed by atoms with van der Waals surface area (Å²) in [6.07, 6.45) is 7.11. The van der Waals surface area contributed by atoms with Crippen molar-refractivity contribution in [3.63, 3.8) is 0 Å². The van der Waals surface area contributed by atoms with Crippen molar-refractivity contribution in [3.05, 3.63) is 108 Å². The summed E-state index contributed by atoms with van der Waals surface area (Å²) >= 11 is 0. The smallest absolute Gasteiger partial charge is 0.386 e. The van der Waals surface area contributed by atoms with Gasteiger partial charge in [-0.05, 0) is 73.5 Å². The Hall–Kier alpha value is -4.92. The number of rotatable bonds is 15. The zero-order valence-electron chi connectivity index (χ0n) is 22.6. The van der Waals surface area contributed by atoms with E-state index in [0.29, 0.717) is 24.5 Å². The van der Waals surface area contributed by atoms with E-state index >= 15 is 0 Å². The molecule has 9 heteroatoms. The molecule has 0 aliphatic rings. The molecule has 3 aromatic rings. The summed E-state index contributed by atoms with van der Waals surface area (Å²) in [5.41, 5.74) is 0.693. The van der Waals surface area contributed by atoms with E-state index in [9.17, 15) is 19.2 Å². The molecule has 0 aliphatic carbocycles. The van der Waals surface area contributed by atoms with Crippen LogP contribution in [0.25, 0.3) is 0 Å². The quantitative estimate of drug-likeness (QED) is 0.0529. The maximum atomic E-state index is 12.5. The Labute approximate surface area is 238 Å². The largest absolute Gasteiger partial charge is 0.494 e. The molecule has 0 N–H and O–H groups in total. The second-order valence-electron chi connectivity index (χ2n) is 8.89. The maximum Gasteiger partial charge on any atom is 0.386 e. The van der Waals surface area contributed by atoms with Crippen molar-refractivity contribution in [2.45, 2.75) is 38.5 Å². The number of carbonyl (C=O) groups excluding carboxylic acids is 4. The Balaban J connectivity index is 1.32. The fraction of sp³-hybridized carbons (Fsp3) is 0.250. The van der Waals surface area contributed by atoms with Crippen LogP contribution in [-0.2, 0) is 19.3 Å². The van der Waals surface area contributed by atoms with E-state index in [-0.39, 0.29) is 22.8 Å². The highest BCUT2D eigenvalue weighted by Gasteiger charge is 2.15. The van der Waals surface area contributed by atoms with Crippen LogP contribution in [-0.4, -0.2) is 37.1 Å². The summed E-state index contributed by atoms with van der Waals surface area (Å²) in [6.45, 7) is 4.36. The highest BCUT2D eigenvalue weighted by Crippen LogP contribution is 2.18. The lowest BCUT2D eigenvalue weighted by molar-refractivity contribution is -0.187. The van der Waals surface area contributed by atoms with Gasteiger partial charge >= 0.3 is 23.9 Å². The fourth-order valence-corrected chi connectivity index (χ4v) is 3.59. The molecule has 0 bridgehead atoms. The van der Waals surface area contributed by atoms with Gasteiger partial charge in [0.25, 0.3) is 0 Å². The van der Waals surface area contributed by atoms with Crippen LogP contribution in [0.4, 0.5) is 0 Å². The van der Waals surface area contributed by atoms with Gasteiger partial charge in [-0.15, -0.1) is 0 Å². The molecule has 0 saturated carbocycles. The first kappa shape index (κ1) is 30.6. The van der Waals surface area contributed by atoms with Gasteiger partial charge in [-0.2, -0.15) is 0 Å². The fourth-order valence-electron chi connectivity index (χ4n) is 3.59. The molecule has 0 heterocycles. The molecule has 0 aromatic heterocycles. The van der Waals surface area contributed by atoms with Crippen molar-refractivity contribution in [3.8, 4) is 11.5 Å². The van der Waals surface area contributed by atoms with E-state index in [0.717, 1.165) is 38.5 Å². The zero-order valence-corrected chi connectivity index (χ0v) is 22.6. The minimum atomic E-state index is -0.869. The maximum absolute atomic E-state index is 12.5. The first-order chi connectivity index (χ1) is 20.0. The lowest BCUT2D eigenvalue weighted by Gasteiger charge is -2.08. The van der Waals surface area contributed by atoms with Gasteiger partial charge in [-0.3, -0.25) is 0 Å². The Morgan fingerprint density at radius 3 is 1.63 bits per heavy atom. The number of unbranched alkanes of at least 4 members (excludes halogenated alkanes) is 5. The molecule has 0 spiro atoms. The lowest BCUT2D eigenvalue weighted by atomic mass is 10.1. The second kappa shape index (κ2) is 16.9. The molecule has 0 fully saturated rings. The SMILES string of the molecule is C=CC(=O)OCCCCCCCCOc1ccc(C(=O)Oc2ccc(C(=O)OOC(=O)c3ccccc3)cc2)cc1. The van der Waals surface area contributed by atoms with E-state index < -0.39 is 17.9 Å². The molecular weight excluding hydrogens is 528 g/mol. The molecule has 0 atom stereocenters. The minimum Gasteiger partial charge on any atom is -0.494 e. The first-order valence-corrected chi connectivity index (χ1v) is 13.3. The van der Waals surface area contributed by atoms with Crippen LogP contribution in [0.1, 0.15) is 69.6 Å². The molecule has 0 amide bonds. The zero-order chi connectivity index (χ0) is 29.3. The lowest BCUT2D eigenvalue weighted by Crippen LogP contribution is -2.12. The van der Waals surface area contributed by atoms with Crippen LogP contribution in [0.3, 0.4) is 0 Å². The van der Waals surface area contributed by atoms with E-state index in [1.807, 2.05) is 0 Å². The number of esters is 2. The van der Waals surface area contributed by atoms with E-state index in [1.165, 1.54) is 42.5 Å². The van der Waals surface area contributed by atoms with Crippen LogP contribution >= 0.6 is 0 Å². The Morgan fingerprint density at radius 2 is 1.05 bits per heavy atom. The molecule has 0 saturated heterocycles. The van der Waals surface area contributed by atoms with Crippen molar-refractivity contribution in [2.75, 3.05) is 13.2 Å². The predicted molar refractivity (Wildman–Crippen MR) is 149 cm³/mol. The van der Waals surface area contributed by atoms with Gasteiger partial charge in [0.15, 0.2) is 0 Å². The summed E-state index contributed by atoms with van der Waals surface area (Å²) < 4.78 is 16.0. The third kappa shape index (κ3) is 11.0. The Morgan fingerprint density at radius 1 is 0.561 bits per heavy atom. The molecule has 0 aliphatic heterocycles. The number of carbonyl (C=O) groups is 4. The summed E-state index contributed by atoms with van der Waals surface area (Å²) in [4.78, 5) is 56.6. The third-order valence-electron chi connectivity index (χ3n) is 5.81. The third-order valence-corrected chi connectivity index (χ3v) is 5.81. The van der Waals surface area contributed by atoms with E-state index in [1.54, 1.807) is 42.5 Å². The number of hydrogen-bond donors (Lipinski definition) is 0. The van der Waals surface area contributed by atoms with Crippen LogP contribution in [0, 0.1) is 0 Å². The molecule has 3 aromatic carbocycles. The second-order valence-corrected chi connectivity index (χ2v) is 8.89. The topological polar surface area (TPSA) is 114 Å². The molecule has 41 heavy (non-hydrogen) atoms. The highest BCUT2D eigenvalue weighted by molar-refractivity contribution is 5.93. The molecule has 3 rings (SSSR count). The van der Waals surface area contributed by atoms with Gasteiger partial charge in [0, 0.05) is 6.08 Å². The number of hydrogen-bond acceptors (Lipinski definition) is 9. The average molecular weight is 561 g/mol. The van der Waals surface area contributed by atoms with Gasteiger partial charge in [0.1, 0.15) is 11.5 Å². The van der Waals surface area contributed by atoms with Crippen molar-refractivity contribution in [1.82, 2.24) is 0 Å².